The quantitative estimate of drug-likeness (QED) is 0.153. The van der Waals surface area contributed by atoms with Crippen LogP contribution in [0.25, 0.3) is 11.1 Å². The van der Waals surface area contributed by atoms with Crippen molar-refractivity contribution in [2.75, 3.05) is 34.8 Å². The van der Waals surface area contributed by atoms with Gasteiger partial charge in [-0.3, -0.25) is 4.79 Å². The van der Waals surface area contributed by atoms with Gasteiger partial charge in [-0.05, 0) is 47.5 Å². The molecule has 0 aliphatic carbocycles. The van der Waals surface area contributed by atoms with Gasteiger partial charge in [-0.2, -0.15) is 13.2 Å². The number of amides is 1. The predicted molar refractivity (Wildman–Crippen MR) is 147 cm³/mol. The molecule has 13 heteroatoms. The van der Waals surface area contributed by atoms with Crippen LogP contribution in [0.15, 0.2) is 73.1 Å². The van der Waals surface area contributed by atoms with E-state index in [-0.39, 0.29) is 36.0 Å². The highest BCUT2D eigenvalue weighted by molar-refractivity contribution is 6.07. The summed E-state index contributed by atoms with van der Waals surface area (Å²) in [6.45, 7) is -0.183. The number of carbonyl (C=O) groups excluding carboxylic acids is 1. The summed E-state index contributed by atoms with van der Waals surface area (Å²) in [4.78, 5) is 20.9. The van der Waals surface area contributed by atoms with Gasteiger partial charge in [-0.15, -0.1) is 0 Å². The monoisotopic (exact) mass is 570 g/mol. The van der Waals surface area contributed by atoms with Crippen molar-refractivity contribution in [1.29, 1.82) is 0 Å². The molecule has 9 nitrogen and oxygen atoms in total. The van der Waals surface area contributed by atoms with Crippen LogP contribution in [-0.2, 0) is 12.7 Å². The Kier molecular flexibility index (Phi) is 9.00. The Balaban J connectivity index is 1.50. The van der Waals surface area contributed by atoms with Crippen LogP contribution < -0.4 is 21.7 Å². The zero-order chi connectivity index (χ0) is 29.6. The average molecular weight is 571 g/mol. The number of nitrogens with two attached hydrogens (primary N) is 1. The van der Waals surface area contributed by atoms with E-state index in [9.17, 15) is 27.5 Å². The smallest absolute Gasteiger partial charge is 0.394 e. The van der Waals surface area contributed by atoms with E-state index in [0.717, 1.165) is 28.8 Å². The molecule has 0 radical (unpaired) electrons. The highest BCUT2D eigenvalue weighted by atomic mass is 19.4. The van der Waals surface area contributed by atoms with Crippen molar-refractivity contribution in [3.8, 4) is 11.1 Å². The Morgan fingerprint density at radius 1 is 0.951 bits per heavy atom. The van der Waals surface area contributed by atoms with Crippen molar-refractivity contribution < 1.29 is 32.6 Å². The van der Waals surface area contributed by atoms with E-state index in [2.05, 4.69) is 25.9 Å². The molecule has 214 valence electrons. The van der Waals surface area contributed by atoms with Gasteiger partial charge in [0.1, 0.15) is 17.5 Å². The topological polar surface area (TPSA) is 145 Å². The lowest BCUT2D eigenvalue weighted by atomic mass is 10.0. The van der Waals surface area contributed by atoms with Gasteiger partial charge in [0.15, 0.2) is 0 Å². The highest BCUT2D eigenvalue weighted by Crippen LogP contribution is 2.31. The summed E-state index contributed by atoms with van der Waals surface area (Å²) >= 11 is 0. The number of rotatable bonds is 10. The number of nitrogens with one attached hydrogen (secondary N) is 3. The lowest BCUT2D eigenvalue weighted by molar-refractivity contribution is -0.137. The average Bonchev–Trinajstić information content (AvgIpc) is 2.96. The van der Waals surface area contributed by atoms with E-state index in [1.807, 2.05) is 0 Å². The van der Waals surface area contributed by atoms with Crippen molar-refractivity contribution in [3.63, 3.8) is 0 Å². The lowest BCUT2D eigenvalue weighted by Gasteiger charge is -2.15. The maximum Gasteiger partial charge on any atom is 0.417 e. The number of aliphatic hydroxyl groups is 2. The van der Waals surface area contributed by atoms with Crippen LogP contribution in [0, 0.1) is 5.82 Å². The Morgan fingerprint density at radius 3 is 2.32 bits per heavy atom. The molecule has 1 atom stereocenters. The largest absolute Gasteiger partial charge is 0.417 e. The number of nitrogen functional groups attached to an aromatic ring is 1. The fraction of sp³-hybridized carbons (Fsp3) is 0.179. The van der Waals surface area contributed by atoms with Crippen molar-refractivity contribution in [2.24, 2.45) is 0 Å². The maximum absolute atomic E-state index is 13.3. The van der Waals surface area contributed by atoms with Gasteiger partial charge in [-0.25, -0.2) is 14.4 Å². The molecular weight excluding hydrogens is 544 g/mol. The third-order valence-corrected chi connectivity index (χ3v) is 5.97. The first-order chi connectivity index (χ1) is 19.5. The zero-order valence-corrected chi connectivity index (χ0v) is 21.4. The summed E-state index contributed by atoms with van der Waals surface area (Å²) in [5, 5.41) is 26.9. The molecule has 1 amide bonds. The Hall–Kier alpha value is -4.75. The summed E-state index contributed by atoms with van der Waals surface area (Å²) in [6, 6.07) is 14.4. The molecule has 2 aromatic carbocycles. The van der Waals surface area contributed by atoms with Crippen LogP contribution in [-0.4, -0.2) is 45.3 Å². The molecule has 2 aromatic heterocycles. The molecule has 0 saturated carbocycles. The minimum absolute atomic E-state index is 0.0646. The molecule has 0 spiro atoms. The summed E-state index contributed by atoms with van der Waals surface area (Å²) in [5.74, 6) is -1.21. The van der Waals surface area contributed by atoms with Gasteiger partial charge in [0.25, 0.3) is 5.91 Å². The van der Waals surface area contributed by atoms with Crippen LogP contribution in [0.4, 0.5) is 40.6 Å². The van der Waals surface area contributed by atoms with Crippen LogP contribution >= 0.6 is 0 Å². The van der Waals surface area contributed by atoms with Gasteiger partial charge < -0.3 is 31.9 Å². The number of anilines is 4. The number of hydrogen-bond acceptors (Lipinski definition) is 8. The third-order valence-electron chi connectivity index (χ3n) is 5.97. The van der Waals surface area contributed by atoms with Gasteiger partial charge in [-0.1, -0.05) is 24.3 Å². The second-order valence-corrected chi connectivity index (χ2v) is 9.00. The number of nitrogens with zero attached hydrogens (tertiary/aromatic N) is 2. The van der Waals surface area contributed by atoms with Crippen LogP contribution in [0.3, 0.4) is 0 Å². The Bertz CT molecular complexity index is 1500. The maximum atomic E-state index is 13.3. The number of benzene rings is 2. The van der Waals surface area contributed by atoms with Crippen molar-refractivity contribution in [2.45, 2.75) is 18.8 Å². The van der Waals surface area contributed by atoms with E-state index in [1.54, 1.807) is 36.5 Å². The fourth-order valence-corrected chi connectivity index (χ4v) is 3.73. The normalized spacial score (nSPS) is 12.0. The van der Waals surface area contributed by atoms with Gasteiger partial charge >= 0.3 is 6.18 Å². The van der Waals surface area contributed by atoms with Crippen molar-refractivity contribution >= 4 is 28.9 Å². The van der Waals surface area contributed by atoms with Crippen LogP contribution in [0.5, 0.6) is 0 Å². The molecule has 4 rings (SSSR count). The molecule has 7 N–H and O–H groups in total. The SMILES string of the molecule is Nc1ncc(-c2ccc(CNc3ncc(C(F)(F)F)cc3C(=O)Nc3ccc(F)cc3)cc2)cc1NCC(O)CO. The molecular formula is C28H26F4N6O3. The number of alkyl halides is 3. The second-order valence-electron chi connectivity index (χ2n) is 9.00. The van der Waals surface area contributed by atoms with Crippen molar-refractivity contribution in [1.82, 2.24) is 9.97 Å². The Morgan fingerprint density at radius 2 is 1.66 bits per heavy atom. The van der Waals surface area contributed by atoms with E-state index < -0.39 is 36.2 Å². The summed E-state index contributed by atoms with van der Waals surface area (Å²) < 4.78 is 53.2. The van der Waals surface area contributed by atoms with E-state index in [0.29, 0.717) is 18.0 Å². The minimum atomic E-state index is -4.71. The molecule has 0 aliphatic rings. The first-order valence-corrected chi connectivity index (χ1v) is 12.3. The number of hydrogen-bond donors (Lipinski definition) is 6. The highest BCUT2D eigenvalue weighted by Gasteiger charge is 2.32. The van der Waals surface area contributed by atoms with Crippen molar-refractivity contribution in [3.05, 3.63) is 95.6 Å². The van der Waals surface area contributed by atoms with E-state index in [4.69, 9.17) is 10.8 Å². The fourth-order valence-electron chi connectivity index (χ4n) is 3.73. The van der Waals surface area contributed by atoms with Crippen LogP contribution in [0.1, 0.15) is 21.5 Å². The molecule has 0 saturated heterocycles. The van der Waals surface area contributed by atoms with Gasteiger partial charge in [0.2, 0.25) is 0 Å². The molecule has 0 fully saturated rings. The molecule has 2 heterocycles. The molecule has 0 bridgehead atoms. The summed E-state index contributed by atoms with van der Waals surface area (Å²) in [5.41, 5.74) is 7.42. The number of aliphatic hydroxyl groups excluding tert-OH is 2. The second kappa shape index (κ2) is 12.6. The number of carbonyl (C=O) groups is 1. The lowest BCUT2D eigenvalue weighted by Crippen LogP contribution is -2.23. The number of aromatic nitrogens is 2. The van der Waals surface area contributed by atoms with E-state index in [1.165, 1.54) is 12.1 Å². The summed E-state index contributed by atoms with van der Waals surface area (Å²) in [7, 11) is 0. The first kappa shape index (κ1) is 29.2. The predicted octanol–water partition coefficient (Wildman–Crippen LogP) is 4.51. The number of pyridine rings is 2. The molecule has 41 heavy (non-hydrogen) atoms. The standard InChI is InChI=1S/C28H26F4N6O3/c29-20-5-7-21(8-6-20)38-27(41)23-10-19(28(30,31)32)13-37-26(23)36-11-16-1-3-17(4-2-16)18-9-24(25(33)35-12-18)34-14-22(40)15-39/h1-10,12-13,22,34,39-40H,11,14-15H2,(H2,33,35)(H,36,37)(H,38,41). The van der Waals surface area contributed by atoms with Gasteiger partial charge in [0, 0.05) is 36.7 Å². The zero-order valence-electron chi connectivity index (χ0n) is 21.4. The first-order valence-electron chi connectivity index (χ1n) is 12.3. The van der Waals surface area contributed by atoms with E-state index >= 15 is 0 Å². The molecule has 4 aromatic rings. The third kappa shape index (κ3) is 7.68. The Labute approximate surface area is 232 Å². The molecule has 0 aliphatic heterocycles. The van der Waals surface area contributed by atoms with Gasteiger partial charge in [0.05, 0.1) is 29.5 Å². The molecule has 1 unspecified atom stereocenters. The summed E-state index contributed by atoms with van der Waals surface area (Å²) in [6.07, 6.45) is -3.45. The minimum Gasteiger partial charge on any atom is -0.394 e. The number of halogens is 4. The van der Waals surface area contributed by atoms with Crippen LogP contribution in [0.2, 0.25) is 0 Å².